The molecule has 1 unspecified atom stereocenters. The van der Waals surface area contributed by atoms with Crippen LogP contribution in [0.5, 0.6) is 17.2 Å². The molecule has 33 heavy (non-hydrogen) atoms. The van der Waals surface area contributed by atoms with Crippen molar-refractivity contribution in [2.75, 3.05) is 20.3 Å². The number of halogens is 1. The van der Waals surface area contributed by atoms with Gasteiger partial charge < -0.3 is 19.9 Å². The van der Waals surface area contributed by atoms with Crippen LogP contribution in [-0.2, 0) is 6.42 Å². The first-order valence-corrected chi connectivity index (χ1v) is 10.9. The average molecular weight is 464 g/mol. The molecular formula is C27H26ClNO4. The normalized spacial score (nSPS) is 11.3. The van der Waals surface area contributed by atoms with E-state index in [1.807, 2.05) is 42.5 Å². The summed E-state index contributed by atoms with van der Waals surface area (Å²) < 4.78 is 11.1. The summed E-state index contributed by atoms with van der Waals surface area (Å²) in [5.41, 5.74) is 2.43. The van der Waals surface area contributed by atoms with Gasteiger partial charge in [0.1, 0.15) is 12.4 Å². The Kier molecular flexibility index (Phi) is 8.63. The molecule has 0 aliphatic carbocycles. The summed E-state index contributed by atoms with van der Waals surface area (Å²) in [5.74, 6) is 3.37. The molecule has 3 aromatic rings. The highest BCUT2D eigenvalue weighted by molar-refractivity contribution is 6.30. The standard InChI is InChI=1S/C27H26ClNO4/c1-3-16-33-25-13-10-20(18-26(25)32-2)21(17-19-8-11-22(28)12-9-19)14-15-29-27(31)23-6-4-5-7-24(23)30/h1,4-13,18,21,30H,14-17H2,2H3,(H,29,31). The van der Waals surface area contributed by atoms with Gasteiger partial charge in [0.25, 0.3) is 5.91 Å². The molecule has 170 valence electrons. The third-order valence-corrected chi connectivity index (χ3v) is 5.54. The molecule has 0 bridgehead atoms. The summed E-state index contributed by atoms with van der Waals surface area (Å²) in [6.07, 6.45) is 6.72. The molecule has 1 atom stereocenters. The maximum atomic E-state index is 12.5. The third kappa shape index (κ3) is 6.68. The zero-order valence-electron chi connectivity index (χ0n) is 18.4. The summed E-state index contributed by atoms with van der Waals surface area (Å²) in [6.45, 7) is 0.589. The topological polar surface area (TPSA) is 67.8 Å². The highest BCUT2D eigenvalue weighted by Crippen LogP contribution is 2.33. The van der Waals surface area contributed by atoms with Crippen LogP contribution in [0.3, 0.4) is 0 Å². The zero-order valence-corrected chi connectivity index (χ0v) is 19.1. The van der Waals surface area contributed by atoms with E-state index in [1.54, 1.807) is 25.3 Å². The van der Waals surface area contributed by atoms with Gasteiger partial charge in [0.2, 0.25) is 0 Å². The summed E-state index contributed by atoms with van der Waals surface area (Å²) >= 11 is 6.04. The second-order valence-electron chi connectivity index (χ2n) is 7.49. The number of amides is 1. The Bertz CT molecular complexity index is 1120. The summed E-state index contributed by atoms with van der Waals surface area (Å²) in [7, 11) is 1.59. The van der Waals surface area contributed by atoms with E-state index in [-0.39, 0.29) is 29.7 Å². The molecule has 0 spiro atoms. The second-order valence-corrected chi connectivity index (χ2v) is 7.93. The van der Waals surface area contributed by atoms with Crippen molar-refractivity contribution in [3.8, 4) is 29.6 Å². The fraction of sp³-hybridized carbons (Fsp3) is 0.222. The Morgan fingerprint density at radius 3 is 2.58 bits per heavy atom. The van der Waals surface area contributed by atoms with Gasteiger partial charge in [0.15, 0.2) is 11.5 Å². The molecule has 2 N–H and O–H groups in total. The smallest absolute Gasteiger partial charge is 0.255 e. The number of phenols is 1. The number of terminal acetylenes is 1. The largest absolute Gasteiger partial charge is 0.507 e. The van der Waals surface area contributed by atoms with Gasteiger partial charge in [-0.15, -0.1) is 6.42 Å². The predicted molar refractivity (Wildman–Crippen MR) is 130 cm³/mol. The first-order valence-electron chi connectivity index (χ1n) is 10.6. The molecule has 1 amide bonds. The second kappa shape index (κ2) is 11.8. The van der Waals surface area contributed by atoms with Crippen LogP contribution < -0.4 is 14.8 Å². The fourth-order valence-corrected chi connectivity index (χ4v) is 3.72. The molecule has 3 rings (SSSR count). The Balaban J connectivity index is 1.77. The number of carbonyl (C=O) groups excluding carboxylic acids is 1. The fourth-order valence-electron chi connectivity index (χ4n) is 3.59. The summed E-state index contributed by atoms with van der Waals surface area (Å²) in [5, 5.41) is 13.5. The average Bonchev–Trinajstić information content (AvgIpc) is 2.83. The number of phenolic OH excluding ortho intramolecular Hbond substituents is 1. The molecule has 3 aromatic carbocycles. The Labute approximate surface area is 199 Å². The molecule has 5 nitrogen and oxygen atoms in total. The van der Waals surface area contributed by atoms with Crippen LogP contribution in [-0.4, -0.2) is 31.3 Å². The maximum absolute atomic E-state index is 12.5. The number of hydrogen-bond donors (Lipinski definition) is 2. The van der Waals surface area contributed by atoms with E-state index < -0.39 is 0 Å². The van der Waals surface area contributed by atoms with Crippen molar-refractivity contribution in [2.45, 2.75) is 18.8 Å². The van der Waals surface area contributed by atoms with Crippen LogP contribution in [0, 0.1) is 12.3 Å². The molecule has 0 aliphatic rings. The summed E-state index contributed by atoms with van der Waals surface area (Å²) in [4.78, 5) is 12.5. The van der Waals surface area contributed by atoms with Gasteiger partial charge in [-0.3, -0.25) is 4.79 Å². The van der Waals surface area contributed by atoms with E-state index >= 15 is 0 Å². The highest BCUT2D eigenvalue weighted by atomic mass is 35.5. The van der Waals surface area contributed by atoms with Crippen LogP contribution in [0.2, 0.25) is 5.02 Å². The lowest BCUT2D eigenvalue weighted by atomic mass is 9.89. The van der Waals surface area contributed by atoms with E-state index in [0.29, 0.717) is 29.5 Å². The van der Waals surface area contributed by atoms with Gasteiger partial charge in [-0.2, -0.15) is 0 Å². The van der Waals surface area contributed by atoms with Crippen LogP contribution in [0.25, 0.3) is 0 Å². The highest BCUT2D eigenvalue weighted by Gasteiger charge is 2.17. The minimum Gasteiger partial charge on any atom is -0.507 e. The number of para-hydroxylation sites is 1. The molecule has 0 aromatic heterocycles. The molecule has 0 saturated heterocycles. The molecule has 0 fully saturated rings. The van der Waals surface area contributed by atoms with E-state index in [4.69, 9.17) is 27.5 Å². The molecule has 0 heterocycles. The Morgan fingerprint density at radius 1 is 1.12 bits per heavy atom. The van der Waals surface area contributed by atoms with Crippen molar-refractivity contribution in [1.29, 1.82) is 0 Å². The van der Waals surface area contributed by atoms with Crippen LogP contribution >= 0.6 is 11.6 Å². The van der Waals surface area contributed by atoms with Crippen molar-refractivity contribution < 1.29 is 19.4 Å². The summed E-state index contributed by atoms with van der Waals surface area (Å²) in [6, 6.07) is 20.0. The minimum atomic E-state index is -0.311. The molecule has 0 radical (unpaired) electrons. The molecule has 0 aliphatic heterocycles. The van der Waals surface area contributed by atoms with Crippen LogP contribution in [0.15, 0.2) is 66.7 Å². The third-order valence-electron chi connectivity index (χ3n) is 5.29. The van der Waals surface area contributed by atoms with Crippen molar-refractivity contribution in [3.63, 3.8) is 0 Å². The number of nitrogens with one attached hydrogen (secondary N) is 1. The van der Waals surface area contributed by atoms with E-state index in [0.717, 1.165) is 17.5 Å². The molecular weight excluding hydrogens is 438 g/mol. The van der Waals surface area contributed by atoms with Crippen molar-refractivity contribution in [2.24, 2.45) is 0 Å². The van der Waals surface area contributed by atoms with Crippen molar-refractivity contribution in [1.82, 2.24) is 5.32 Å². The first kappa shape index (κ1) is 24.0. The van der Waals surface area contributed by atoms with Gasteiger partial charge in [-0.05, 0) is 66.3 Å². The number of ether oxygens (including phenoxy) is 2. The van der Waals surface area contributed by atoms with Crippen molar-refractivity contribution >= 4 is 17.5 Å². The monoisotopic (exact) mass is 463 g/mol. The first-order chi connectivity index (χ1) is 16.0. The lowest BCUT2D eigenvalue weighted by Crippen LogP contribution is -2.26. The van der Waals surface area contributed by atoms with Gasteiger partial charge in [-0.25, -0.2) is 0 Å². The van der Waals surface area contributed by atoms with Crippen LogP contribution in [0.4, 0.5) is 0 Å². The van der Waals surface area contributed by atoms with Gasteiger partial charge in [0.05, 0.1) is 12.7 Å². The maximum Gasteiger partial charge on any atom is 0.255 e. The molecule has 0 saturated carbocycles. The number of benzene rings is 3. The lowest BCUT2D eigenvalue weighted by molar-refractivity contribution is 0.0950. The molecule has 6 heteroatoms. The van der Waals surface area contributed by atoms with Gasteiger partial charge in [-0.1, -0.05) is 47.9 Å². The lowest BCUT2D eigenvalue weighted by Gasteiger charge is -2.20. The van der Waals surface area contributed by atoms with E-state index in [9.17, 15) is 9.90 Å². The van der Waals surface area contributed by atoms with E-state index in [2.05, 4.69) is 11.2 Å². The zero-order chi connectivity index (χ0) is 23.6. The van der Waals surface area contributed by atoms with E-state index in [1.165, 1.54) is 6.07 Å². The van der Waals surface area contributed by atoms with Crippen molar-refractivity contribution in [3.05, 3.63) is 88.4 Å². The Hall–Kier alpha value is -3.62. The number of hydrogen-bond acceptors (Lipinski definition) is 4. The number of carbonyl (C=O) groups is 1. The predicted octanol–water partition coefficient (Wildman–Crippen LogP) is 5.21. The number of aromatic hydroxyl groups is 1. The van der Waals surface area contributed by atoms with Gasteiger partial charge in [0, 0.05) is 11.6 Å². The number of methoxy groups -OCH3 is 1. The Morgan fingerprint density at radius 2 is 1.88 bits per heavy atom. The van der Waals surface area contributed by atoms with Gasteiger partial charge >= 0.3 is 0 Å². The minimum absolute atomic E-state index is 0.0417. The van der Waals surface area contributed by atoms with Crippen LogP contribution in [0.1, 0.15) is 33.8 Å². The number of rotatable bonds is 10. The quantitative estimate of drug-likeness (QED) is 0.405. The SMILES string of the molecule is C#CCOc1ccc(C(CCNC(=O)c2ccccc2O)Cc2ccc(Cl)cc2)cc1OC.